The number of hydrogen-bond acceptors (Lipinski definition) is 5. The number of nitrogens with one attached hydrogen (secondary N) is 1. The summed E-state index contributed by atoms with van der Waals surface area (Å²) in [5.41, 5.74) is 1.58. The number of fused-ring (bicyclic) bond motifs is 1. The molecule has 5 amide bonds. The summed E-state index contributed by atoms with van der Waals surface area (Å²) in [5.74, 6) is -3.05. The van der Waals surface area contributed by atoms with Crippen molar-refractivity contribution in [1.29, 1.82) is 0 Å². The number of nitrogens with zero attached hydrogens (tertiary/aromatic N) is 2. The number of urea groups is 1. The molecular weight excluding hydrogens is 326 g/mol. The van der Waals surface area contributed by atoms with Crippen LogP contribution >= 0.6 is 0 Å². The number of carbonyl (C=O) groups excluding carboxylic acids is 5. The fraction of sp³-hybridized carbons (Fsp3) is 0.235. The van der Waals surface area contributed by atoms with Crippen LogP contribution in [0.3, 0.4) is 0 Å². The number of ketones is 1. The average Bonchev–Trinajstić information content (AvgIpc) is 2.98. The predicted octanol–water partition coefficient (Wildman–Crippen LogP) is 0.902. The van der Waals surface area contributed by atoms with Gasteiger partial charge in [-0.1, -0.05) is 6.08 Å². The maximum atomic E-state index is 12.4. The van der Waals surface area contributed by atoms with E-state index in [1.807, 2.05) is 0 Å². The van der Waals surface area contributed by atoms with Crippen LogP contribution in [-0.4, -0.2) is 52.4 Å². The van der Waals surface area contributed by atoms with Crippen LogP contribution < -0.4 is 5.32 Å². The summed E-state index contributed by atoms with van der Waals surface area (Å²) in [7, 11) is 0. The van der Waals surface area contributed by atoms with Crippen molar-refractivity contribution in [1.82, 2.24) is 9.80 Å². The Balaban J connectivity index is 1.81. The van der Waals surface area contributed by atoms with Gasteiger partial charge in [0.15, 0.2) is 5.78 Å². The van der Waals surface area contributed by atoms with E-state index in [1.165, 1.54) is 12.1 Å². The number of anilines is 1. The first kappa shape index (κ1) is 16.6. The Bertz CT molecular complexity index is 845. The number of imide groups is 2. The van der Waals surface area contributed by atoms with Crippen LogP contribution in [0.4, 0.5) is 10.5 Å². The molecule has 0 radical (unpaired) electrons. The largest absolute Gasteiger partial charge is 0.334 e. The fourth-order valence-corrected chi connectivity index (χ4v) is 2.81. The molecule has 0 bridgehead atoms. The Morgan fingerprint density at radius 1 is 1.20 bits per heavy atom. The Labute approximate surface area is 143 Å². The molecule has 1 aromatic rings. The van der Waals surface area contributed by atoms with Crippen LogP contribution in [0.2, 0.25) is 0 Å². The lowest BCUT2D eigenvalue weighted by Gasteiger charge is -2.14. The third-order valence-electron chi connectivity index (χ3n) is 4.24. The molecular formula is C17H15N3O5. The highest BCUT2D eigenvalue weighted by atomic mass is 16.2. The van der Waals surface area contributed by atoms with Crippen molar-refractivity contribution in [3.8, 4) is 0 Å². The van der Waals surface area contributed by atoms with Crippen LogP contribution in [-0.2, 0) is 14.4 Å². The van der Waals surface area contributed by atoms with Gasteiger partial charge in [0.05, 0.1) is 12.5 Å². The topological polar surface area (TPSA) is 104 Å². The first-order valence-electron chi connectivity index (χ1n) is 7.61. The molecule has 0 aromatic heterocycles. The van der Waals surface area contributed by atoms with Crippen molar-refractivity contribution in [3.63, 3.8) is 0 Å². The molecule has 1 fully saturated rings. The molecule has 0 unspecified atom stereocenters. The van der Waals surface area contributed by atoms with Crippen LogP contribution in [0, 0.1) is 0 Å². The van der Waals surface area contributed by atoms with E-state index in [0.717, 1.165) is 4.90 Å². The summed E-state index contributed by atoms with van der Waals surface area (Å²) in [6.45, 7) is 4.50. The maximum absolute atomic E-state index is 12.4. The monoisotopic (exact) mass is 341 g/mol. The molecule has 0 aliphatic carbocycles. The summed E-state index contributed by atoms with van der Waals surface area (Å²) in [6.07, 6.45) is 1.32. The van der Waals surface area contributed by atoms with Crippen molar-refractivity contribution in [2.45, 2.75) is 12.8 Å². The Hall–Kier alpha value is -3.29. The Kier molecular flexibility index (Phi) is 3.96. The zero-order chi connectivity index (χ0) is 18.3. The second kappa shape index (κ2) is 5.97. The van der Waals surface area contributed by atoms with Gasteiger partial charge in [-0.05, 0) is 30.7 Å². The molecule has 25 heavy (non-hydrogen) atoms. The number of rotatable bonds is 5. The first-order valence-corrected chi connectivity index (χ1v) is 7.61. The Morgan fingerprint density at radius 3 is 2.56 bits per heavy atom. The van der Waals surface area contributed by atoms with E-state index < -0.39 is 30.2 Å². The number of Topliss-reactive ketones (excluding diaryl/α,β-unsaturated/α-hetero) is 1. The highest BCUT2D eigenvalue weighted by Gasteiger charge is 2.44. The van der Waals surface area contributed by atoms with Crippen LogP contribution in [0.15, 0.2) is 30.9 Å². The van der Waals surface area contributed by atoms with E-state index in [9.17, 15) is 24.0 Å². The summed E-state index contributed by atoms with van der Waals surface area (Å²) in [6, 6.07) is 3.84. The average molecular weight is 341 g/mol. The zero-order valence-corrected chi connectivity index (χ0v) is 13.4. The molecule has 8 nitrogen and oxygen atoms in total. The van der Waals surface area contributed by atoms with Gasteiger partial charge in [0, 0.05) is 17.8 Å². The predicted molar refractivity (Wildman–Crippen MR) is 86.8 cm³/mol. The normalized spacial score (nSPS) is 19.3. The SMILES string of the molecule is C=CCN1C(=O)C(=O)N(CC(=O)c2ccc3c(c2)[C@@H](C)C(=O)N3)C1=O. The summed E-state index contributed by atoms with van der Waals surface area (Å²) < 4.78 is 0. The van der Waals surface area contributed by atoms with Crippen molar-refractivity contribution in [2.75, 3.05) is 18.4 Å². The van der Waals surface area contributed by atoms with Crippen LogP contribution in [0.1, 0.15) is 28.8 Å². The second-order valence-corrected chi connectivity index (χ2v) is 5.81. The highest BCUT2D eigenvalue weighted by Crippen LogP contribution is 2.32. The van der Waals surface area contributed by atoms with Gasteiger partial charge < -0.3 is 5.32 Å². The summed E-state index contributed by atoms with van der Waals surface area (Å²) in [5, 5.41) is 2.70. The standard InChI is InChI=1S/C17H15N3O5/c1-3-6-19-15(23)16(24)20(17(19)25)8-13(21)10-4-5-12-11(7-10)9(2)14(22)18-12/h3-5,7,9H,1,6,8H2,2H3,(H,18,22)/t9-/m1/s1. The second-order valence-electron chi connectivity index (χ2n) is 5.81. The fourth-order valence-electron chi connectivity index (χ4n) is 2.81. The van der Waals surface area contributed by atoms with Crippen molar-refractivity contribution in [3.05, 3.63) is 42.0 Å². The number of amides is 5. The molecule has 1 atom stereocenters. The molecule has 2 aliphatic rings. The van der Waals surface area contributed by atoms with Crippen molar-refractivity contribution >= 4 is 35.2 Å². The van der Waals surface area contributed by atoms with Crippen molar-refractivity contribution in [2.24, 2.45) is 0 Å². The lowest BCUT2D eigenvalue weighted by atomic mass is 9.99. The van der Waals surface area contributed by atoms with E-state index >= 15 is 0 Å². The molecule has 2 heterocycles. The smallest absolute Gasteiger partial charge is 0.325 e. The molecule has 1 saturated heterocycles. The molecule has 1 aromatic carbocycles. The lowest BCUT2D eigenvalue weighted by Crippen LogP contribution is -2.37. The number of carbonyl (C=O) groups is 5. The lowest BCUT2D eigenvalue weighted by molar-refractivity contribution is -0.142. The molecule has 3 rings (SSSR count). The van der Waals surface area contributed by atoms with E-state index in [0.29, 0.717) is 16.2 Å². The van der Waals surface area contributed by atoms with Gasteiger partial charge >= 0.3 is 17.8 Å². The van der Waals surface area contributed by atoms with E-state index in [4.69, 9.17) is 0 Å². The van der Waals surface area contributed by atoms with E-state index in [2.05, 4.69) is 11.9 Å². The molecule has 2 aliphatic heterocycles. The number of hydrogen-bond donors (Lipinski definition) is 1. The minimum Gasteiger partial charge on any atom is -0.325 e. The molecule has 1 N–H and O–H groups in total. The van der Waals surface area contributed by atoms with Gasteiger partial charge in [-0.25, -0.2) is 9.69 Å². The summed E-state index contributed by atoms with van der Waals surface area (Å²) >= 11 is 0. The van der Waals surface area contributed by atoms with E-state index in [1.54, 1.807) is 19.1 Å². The maximum Gasteiger partial charge on any atom is 0.334 e. The minimum atomic E-state index is -1.04. The highest BCUT2D eigenvalue weighted by molar-refractivity contribution is 6.45. The van der Waals surface area contributed by atoms with Gasteiger partial charge in [0.1, 0.15) is 0 Å². The first-order chi connectivity index (χ1) is 11.8. The summed E-state index contributed by atoms with van der Waals surface area (Å²) in [4.78, 5) is 61.3. The van der Waals surface area contributed by atoms with Crippen LogP contribution in [0.5, 0.6) is 0 Å². The zero-order valence-electron chi connectivity index (χ0n) is 13.4. The molecule has 0 spiro atoms. The van der Waals surface area contributed by atoms with Gasteiger partial charge in [-0.2, -0.15) is 0 Å². The number of benzene rings is 1. The van der Waals surface area contributed by atoms with Gasteiger partial charge in [-0.15, -0.1) is 6.58 Å². The quantitative estimate of drug-likeness (QED) is 0.371. The van der Waals surface area contributed by atoms with Crippen LogP contribution in [0.25, 0.3) is 0 Å². The third-order valence-corrected chi connectivity index (χ3v) is 4.24. The van der Waals surface area contributed by atoms with Gasteiger partial charge in [0.25, 0.3) is 0 Å². The molecule has 128 valence electrons. The Morgan fingerprint density at radius 2 is 1.88 bits per heavy atom. The van der Waals surface area contributed by atoms with Gasteiger partial charge in [-0.3, -0.25) is 24.1 Å². The van der Waals surface area contributed by atoms with E-state index in [-0.39, 0.29) is 23.9 Å². The molecule has 0 saturated carbocycles. The minimum absolute atomic E-state index is 0.0990. The van der Waals surface area contributed by atoms with Gasteiger partial charge in [0.2, 0.25) is 5.91 Å². The molecule has 8 heteroatoms. The van der Waals surface area contributed by atoms with Crippen molar-refractivity contribution < 1.29 is 24.0 Å². The third kappa shape index (κ3) is 2.61.